The molecule has 0 spiro atoms. The smallest absolute Gasteiger partial charge is 0.168 e. The lowest BCUT2D eigenvalue weighted by atomic mass is 9.95. The maximum absolute atomic E-state index is 7.31. The largest absolute Gasteiger partial charge is 0.492 e. The fourth-order valence-corrected chi connectivity index (χ4v) is 13.2. The number of nitrogens with one attached hydrogen (secondary N) is 2. The molecule has 0 radical (unpaired) electrons. The first-order chi connectivity index (χ1) is 45.9. The number of H-pyrrole nitrogens is 2. The molecule has 3 aromatic heterocycles. The minimum absolute atomic E-state index is 0.354. The van der Waals surface area contributed by atoms with E-state index in [1.807, 2.05) is 72.8 Å². The highest BCUT2D eigenvalue weighted by Gasteiger charge is 2.34. The fourth-order valence-electron chi connectivity index (χ4n) is 13.2. The van der Waals surface area contributed by atoms with E-state index >= 15 is 0 Å². The zero-order valence-corrected chi connectivity index (χ0v) is 54.1. The predicted molar refractivity (Wildman–Crippen MR) is 381 cm³/mol. The van der Waals surface area contributed by atoms with Gasteiger partial charge >= 0.3 is 0 Å². The number of benzene rings is 10. The summed E-state index contributed by atoms with van der Waals surface area (Å²) in [5.41, 5.74) is 6.48. The molecule has 6 heterocycles. The molecule has 16 rings (SSSR count). The molecule has 0 saturated heterocycles. The Morgan fingerprint density at radius 2 is 0.670 bits per heavy atom. The quantitative estimate of drug-likeness (QED) is 0.0879. The van der Waals surface area contributed by atoms with Gasteiger partial charge in [-0.05, 0) is 119 Å². The molecule has 2 N–H and O–H groups in total. The second-order valence-electron chi connectivity index (χ2n) is 26.6. The number of hydrogen-bond donors (Lipinski definition) is 2. The number of hydrogen-bond acceptors (Lipinski definition) is 12. The maximum atomic E-state index is 7.31. The Kier molecular flexibility index (Phi) is 14.8. The normalized spacial score (nSPS) is 12.3. The molecular weight excluding hydrogens is 1170 g/mol. The van der Waals surface area contributed by atoms with Crippen LogP contribution in [-0.4, -0.2) is 66.3 Å². The zero-order chi connectivity index (χ0) is 63.9. The molecule has 3 aliphatic heterocycles. The van der Waals surface area contributed by atoms with Gasteiger partial charge in [-0.3, -0.25) is 0 Å². The van der Waals surface area contributed by atoms with Crippen LogP contribution in [0.1, 0.15) is 81.1 Å². The van der Waals surface area contributed by atoms with E-state index < -0.39 is 0 Å². The van der Waals surface area contributed by atoms with Gasteiger partial charge in [-0.25, -0.2) is 29.9 Å². The first-order valence-corrected chi connectivity index (χ1v) is 33.1. The summed E-state index contributed by atoms with van der Waals surface area (Å²) in [5, 5.41) is 12.9. The molecule has 0 unspecified atom stereocenters. The van der Waals surface area contributed by atoms with Gasteiger partial charge in [-0.15, -0.1) is 0 Å². The van der Waals surface area contributed by atoms with Crippen molar-refractivity contribution >= 4 is 131 Å². The maximum Gasteiger partial charge on any atom is 0.168 e. The van der Waals surface area contributed by atoms with E-state index in [2.05, 4.69) is 150 Å². The molecule has 14 heteroatoms. The lowest BCUT2D eigenvalue weighted by Gasteiger charge is -2.20. The fraction of sp³-hybridized carbons (Fsp3) is 0.250. The van der Waals surface area contributed by atoms with E-state index in [1.165, 1.54) is 0 Å². The highest BCUT2D eigenvalue weighted by molar-refractivity contribution is 6.23. The van der Waals surface area contributed by atoms with Crippen LogP contribution in [0.25, 0.3) is 166 Å². The van der Waals surface area contributed by atoms with E-state index in [0.717, 1.165) is 84.9 Å². The molecule has 468 valence electrons. The van der Waals surface area contributed by atoms with Crippen molar-refractivity contribution in [3.8, 4) is 57.2 Å². The minimum Gasteiger partial charge on any atom is -0.492 e. The molecule has 0 fully saturated rings. The van der Waals surface area contributed by atoms with E-state index in [4.69, 9.17) is 57.7 Å². The first kappa shape index (κ1) is 58.5. The Morgan fingerprint density at radius 1 is 0.309 bits per heavy atom. The molecule has 3 aliphatic rings. The van der Waals surface area contributed by atoms with E-state index in [0.29, 0.717) is 179 Å². The van der Waals surface area contributed by atoms with Gasteiger partial charge in [0.05, 0.1) is 59.3 Å². The van der Waals surface area contributed by atoms with E-state index in [1.54, 1.807) is 0 Å². The lowest BCUT2D eigenvalue weighted by Crippen LogP contribution is -2.06. The molecule has 94 heavy (non-hydrogen) atoms. The third-order valence-corrected chi connectivity index (χ3v) is 18.1. The Bertz CT molecular complexity index is 5700. The first-order valence-electron chi connectivity index (χ1n) is 33.1. The number of rotatable bonds is 16. The Hall–Kier alpha value is -10.6. The highest BCUT2D eigenvalue weighted by atomic mass is 16.5. The van der Waals surface area contributed by atoms with E-state index in [9.17, 15) is 0 Å². The summed E-state index contributed by atoms with van der Waals surface area (Å²) in [5.74, 6) is 5.04. The van der Waals surface area contributed by atoms with Crippen LogP contribution in [-0.2, 0) is 0 Å². The second-order valence-corrected chi connectivity index (χ2v) is 26.6. The molecule has 0 amide bonds. The summed E-state index contributed by atoms with van der Waals surface area (Å²) >= 11 is 0. The van der Waals surface area contributed by atoms with Gasteiger partial charge in [0.25, 0.3) is 0 Å². The van der Waals surface area contributed by atoms with Gasteiger partial charge < -0.3 is 37.7 Å². The van der Waals surface area contributed by atoms with Crippen LogP contribution in [0.5, 0.6) is 23.0 Å². The summed E-state index contributed by atoms with van der Waals surface area (Å²) in [6.45, 7) is 19.4. The molecule has 0 atom stereocenters. The summed E-state index contributed by atoms with van der Waals surface area (Å²) in [6, 6.07) is 53.8. The SMILES string of the molecule is CC(C)CCOc1c2c(c(OCCC(C)C)c3cc4ccccc4cc13)-c1nc-2nc2[nH]c3nc4nc(nc5[nH]c(n1)c1c(OCCC(C)C)c6cc7ccccc7cc6c(OCCC(C)C)c51)c1cccc(oc5ccccc5c5ccccc5oc5cccc2c35)c1-4. The van der Waals surface area contributed by atoms with Crippen LogP contribution in [0.4, 0.5) is 0 Å². The average molecular weight is 1240 g/mol. The molecule has 13 aromatic rings. The van der Waals surface area contributed by atoms with Gasteiger partial charge in [0, 0.05) is 43.1 Å². The van der Waals surface area contributed by atoms with Crippen molar-refractivity contribution in [2.24, 2.45) is 23.7 Å². The number of aromatic amines is 2. The third-order valence-electron chi connectivity index (χ3n) is 18.1. The second kappa shape index (κ2) is 23.8. The van der Waals surface area contributed by atoms with Gasteiger partial charge in [0.2, 0.25) is 0 Å². The van der Waals surface area contributed by atoms with Crippen LogP contribution in [0.2, 0.25) is 0 Å². The predicted octanol–water partition coefficient (Wildman–Crippen LogP) is 21.0. The van der Waals surface area contributed by atoms with Crippen molar-refractivity contribution in [1.82, 2.24) is 39.9 Å². The van der Waals surface area contributed by atoms with E-state index in [-0.39, 0.29) is 0 Å². The van der Waals surface area contributed by atoms with Crippen molar-refractivity contribution < 1.29 is 27.8 Å². The average Bonchev–Trinajstić information content (AvgIpc) is 1.49. The molecule has 8 bridgehead atoms. The van der Waals surface area contributed by atoms with Gasteiger partial charge in [-0.2, -0.15) is 0 Å². The van der Waals surface area contributed by atoms with Gasteiger partial charge in [0.15, 0.2) is 23.1 Å². The van der Waals surface area contributed by atoms with Crippen molar-refractivity contribution in [3.05, 3.63) is 158 Å². The van der Waals surface area contributed by atoms with Crippen LogP contribution in [0.3, 0.4) is 0 Å². The van der Waals surface area contributed by atoms with Crippen molar-refractivity contribution in [3.63, 3.8) is 0 Å². The molecule has 14 nitrogen and oxygen atoms in total. The van der Waals surface area contributed by atoms with Gasteiger partial charge in [0.1, 0.15) is 67.9 Å². The van der Waals surface area contributed by atoms with Crippen molar-refractivity contribution in [2.75, 3.05) is 26.4 Å². The standard InChI is InChI=1S/C80H72N8O6/c1-43(2)31-35-89-69-55-39-47-19-9-11-21-49(47)41-57(55)71(91-37-33-45(5)6)67-65(69)77-83-73-53-25-17-29-61-63(53)75(81-73)85-76-64-54(26-18-30-62(64)94-60-28-16-14-24-52(60)51-23-13-15-27-59(51)93-61)74(82-76)84-78-66-68(80(87-78)88-79(67)86-77)72(92-38-34-46(7)8)58-42-50-22-12-10-20-48(50)40-56(58)70(66)90-36-32-44(3)4/h9-30,39-46H,31-38H2,1-8H3,(H2,81,82,83,84,85,86,87,88). The molecule has 0 aliphatic carbocycles. The number of nitrogens with zero attached hydrogens (tertiary/aromatic N) is 6. The number of fused-ring (bicyclic) bond motifs is 21. The monoisotopic (exact) mass is 1240 g/mol. The van der Waals surface area contributed by atoms with Crippen molar-refractivity contribution in [2.45, 2.75) is 81.1 Å². The van der Waals surface area contributed by atoms with Crippen LogP contribution >= 0.6 is 0 Å². The number of ether oxygens (including phenoxy) is 4. The highest BCUT2D eigenvalue weighted by Crippen LogP contribution is 2.54. The summed E-state index contributed by atoms with van der Waals surface area (Å²) < 4.78 is 43.5. The summed E-state index contributed by atoms with van der Waals surface area (Å²) in [6.07, 6.45) is 3.20. The lowest BCUT2D eigenvalue weighted by molar-refractivity contribution is 0.288. The molecule has 0 saturated carbocycles. The summed E-state index contributed by atoms with van der Waals surface area (Å²) in [7, 11) is 0. The molecular formula is C80H72N8O6. The Labute approximate surface area is 542 Å². The topological polar surface area (TPSA) is 172 Å². The van der Waals surface area contributed by atoms with Crippen molar-refractivity contribution in [1.29, 1.82) is 0 Å². The summed E-state index contributed by atoms with van der Waals surface area (Å²) in [4.78, 5) is 41.7. The number of aromatic nitrogens is 8. The zero-order valence-electron chi connectivity index (χ0n) is 54.1. The van der Waals surface area contributed by atoms with Crippen LogP contribution in [0.15, 0.2) is 167 Å². The Morgan fingerprint density at radius 3 is 1.17 bits per heavy atom. The molecule has 10 aromatic carbocycles. The van der Waals surface area contributed by atoms with Crippen LogP contribution < -0.4 is 18.9 Å². The van der Waals surface area contributed by atoms with Crippen LogP contribution in [0, 0.1) is 23.7 Å². The van der Waals surface area contributed by atoms with Gasteiger partial charge in [-0.1, -0.05) is 165 Å². The Balaban J connectivity index is 1.16. The number of para-hydroxylation sites is 2. The minimum atomic E-state index is 0.354. The third kappa shape index (κ3) is 10.4.